The molecule has 6 rings (SSSR count). The highest BCUT2D eigenvalue weighted by molar-refractivity contribution is 5.92. The Morgan fingerprint density at radius 1 is 1.02 bits per heavy atom. The van der Waals surface area contributed by atoms with Gasteiger partial charge in [-0.3, -0.25) is 14.5 Å². The Morgan fingerprint density at radius 3 is 2.55 bits per heavy atom. The summed E-state index contributed by atoms with van der Waals surface area (Å²) in [7, 11) is 1.40. The number of amides is 1. The van der Waals surface area contributed by atoms with Crippen LogP contribution < -0.4 is 21.3 Å². The Kier molecular flexibility index (Phi) is 6.72. The zero-order valence-electron chi connectivity index (χ0n) is 21.9. The average Bonchev–Trinajstić information content (AvgIpc) is 3.66. The molecule has 4 aromatic heterocycles. The monoisotopic (exact) mass is 539 g/mol. The van der Waals surface area contributed by atoms with Crippen molar-refractivity contribution in [1.29, 1.82) is 0 Å². The quantitative estimate of drug-likeness (QED) is 0.308. The summed E-state index contributed by atoms with van der Waals surface area (Å²) in [6.45, 7) is 0. The van der Waals surface area contributed by atoms with Crippen LogP contribution in [0.5, 0.6) is 0 Å². The molecule has 4 aromatic rings. The smallest absolute Gasteiger partial charge is 0.308 e. The molecule has 0 radical (unpaired) electrons. The van der Waals surface area contributed by atoms with Crippen LogP contribution in [-0.2, 0) is 14.3 Å². The number of nitrogens with two attached hydrogens (primary N) is 1. The van der Waals surface area contributed by atoms with Crippen molar-refractivity contribution in [1.82, 2.24) is 24.7 Å². The molecule has 1 amide bonds. The maximum Gasteiger partial charge on any atom is 0.308 e. The molecular formula is C28H29N9O3. The van der Waals surface area contributed by atoms with E-state index in [9.17, 15) is 9.59 Å². The minimum absolute atomic E-state index is 0.0942. The fourth-order valence-corrected chi connectivity index (χ4v) is 5.34. The number of carbonyl (C=O) groups excluding carboxylic acids is 2. The van der Waals surface area contributed by atoms with E-state index in [0.29, 0.717) is 49.0 Å². The molecule has 4 N–H and O–H groups in total. The van der Waals surface area contributed by atoms with Crippen LogP contribution in [0.3, 0.4) is 0 Å². The number of carbonyl (C=O) groups is 2. The van der Waals surface area contributed by atoms with Gasteiger partial charge in [-0.1, -0.05) is 0 Å². The number of anilines is 5. The molecule has 12 heteroatoms. The molecule has 5 heterocycles. The van der Waals surface area contributed by atoms with Gasteiger partial charge in [0.1, 0.15) is 17.8 Å². The van der Waals surface area contributed by atoms with Crippen LogP contribution in [0.15, 0.2) is 67.3 Å². The number of pyridine rings is 3. The van der Waals surface area contributed by atoms with E-state index in [1.165, 1.54) is 7.11 Å². The van der Waals surface area contributed by atoms with Crippen LogP contribution in [0.4, 0.5) is 28.8 Å². The van der Waals surface area contributed by atoms with Gasteiger partial charge in [0.25, 0.3) is 0 Å². The minimum atomic E-state index is -0.378. The van der Waals surface area contributed by atoms with E-state index >= 15 is 0 Å². The maximum absolute atomic E-state index is 12.9. The zero-order valence-corrected chi connectivity index (χ0v) is 21.9. The minimum Gasteiger partial charge on any atom is -0.469 e. The van der Waals surface area contributed by atoms with E-state index < -0.39 is 0 Å². The lowest BCUT2D eigenvalue weighted by Crippen LogP contribution is -2.30. The topological polar surface area (TPSA) is 153 Å². The van der Waals surface area contributed by atoms with Gasteiger partial charge in [0.15, 0.2) is 11.6 Å². The molecule has 12 nitrogen and oxygen atoms in total. The number of ether oxygens (including phenoxy) is 1. The largest absolute Gasteiger partial charge is 0.469 e. The van der Waals surface area contributed by atoms with Crippen molar-refractivity contribution in [2.75, 3.05) is 28.4 Å². The number of esters is 1. The Labute approximate surface area is 230 Å². The molecule has 2 aliphatic rings. The first-order valence-corrected chi connectivity index (χ1v) is 13.1. The summed E-state index contributed by atoms with van der Waals surface area (Å²) < 4.78 is 6.54. The van der Waals surface area contributed by atoms with Crippen molar-refractivity contribution < 1.29 is 14.3 Å². The first-order valence-electron chi connectivity index (χ1n) is 13.1. The molecule has 1 aliphatic carbocycles. The van der Waals surface area contributed by atoms with Crippen LogP contribution >= 0.6 is 0 Å². The Balaban J connectivity index is 1.25. The number of rotatable bonds is 6. The lowest BCUT2D eigenvalue weighted by Gasteiger charge is -2.27. The molecule has 1 unspecified atom stereocenters. The van der Waals surface area contributed by atoms with Crippen molar-refractivity contribution >= 4 is 40.7 Å². The van der Waals surface area contributed by atoms with E-state index in [4.69, 9.17) is 15.5 Å². The molecule has 0 aromatic carbocycles. The number of fused-ring (bicyclic) bond motifs is 1. The van der Waals surface area contributed by atoms with Crippen LogP contribution in [0.1, 0.15) is 37.4 Å². The summed E-state index contributed by atoms with van der Waals surface area (Å²) in [5, 5.41) is 10.7. The number of nitrogen functional groups attached to an aromatic ring is 1. The van der Waals surface area contributed by atoms with Gasteiger partial charge >= 0.3 is 5.97 Å². The predicted molar refractivity (Wildman–Crippen MR) is 149 cm³/mol. The fourth-order valence-electron chi connectivity index (χ4n) is 5.34. The summed E-state index contributed by atoms with van der Waals surface area (Å²) >= 11 is 0. The van der Waals surface area contributed by atoms with Crippen LogP contribution in [0, 0.1) is 11.8 Å². The lowest BCUT2D eigenvalue weighted by atomic mass is 9.81. The highest BCUT2D eigenvalue weighted by atomic mass is 16.5. The molecular weight excluding hydrogens is 510 g/mol. The van der Waals surface area contributed by atoms with Crippen LogP contribution in [-0.4, -0.2) is 43.7 Å². The third-order valence-electron chi connectivity index (χ3n) is 7.45. The zero-order chi connectivity index (χ0) is 27.6. The van der Waals surface area contributed by atoms with Crippen molar-refractivity contribution in [3.63, 3.8) is 0 Å². The second kappa shape index (κ2) is 10.6. The summed E-state index contributed by atoms with van der Waals surface area (Å²) in [4.78, 5) is 40.4. The average molecular weight is 540 g/mol. The second-order valence-electron chi connectivity index (χ2n) is 9.85. The molecule has 0 bridgehead atoms. The van der Waals surface area contributed by atoms with E-state index in [0.717, 1.165) is 16.9 Å². The number of nitrogens with zero attached hydrogens (tertiary/aromatic N) is 6. The second-order valence-corrected chi connectivity index (χ2v) is 9.85. The maximum atomic E-state index is 12.9. The normalized spacial score (nSPS) is 19.9. The molecule has 0 saturated heterocycles. The summed E-state index contributed by atoms with van der Waals surface area (Å²) in [5.41, 5.74) is 8.63. The molecule has 1 aliphatic heterocycles. The Bertz CT molecular complexity index is 1520. The molecule has 40 heavy (non-hydrogen) atoms. The van der Waals surface area contributed by atoms with Crippen LogP contribution in [0.2, 0.25) is 0 Å². The standard InChI is InChI=1S/C28H29N9O3/c1-40-28(39)18-7-5-17(6-8-18)27(38)34-22-11-9-19(16-31-22)37-25(20-4-2-13-30-24(20)29)33-21-10-12-23(35-26(21)37)36-15-3-14-32-36/h2-4,9-18,25,33H,5-8H2,1H3,(H2,29,30)(H,31,34,38). The Morgan fingerprint density at radius 2 is 1.85 bits per heavy atom. The number of aromatic nitrogens is 5. The molecule has 1 atom stereocenters. The van der Waals surface area contributed by atoms with E-state index in [-0.39, 0.29) is 29.9 Å². The molecule has 0 spiro atoms. The fraction of sp³-hybridized carbons (Fsp3) is 0.286. The van der Waals surface area contributed by atoms with Gasteiger partial charge < -0.3 is 21.1 Å². The molecule has 1 saturated carbocycles. The molecule has 204 valence electrons. The predicted octanol–water partition coefficient (Wildman–Crippen LogP) is 3.82. The van der Waals surface area contributed by atoms with Crippen molar-refractivity contribution in [3.05, 3.63) is 72.8 Å². The van der Waals surface area contributed by atoms with E-state index in [1.54, 1.807) is 29.3 Å². The van der Waals surface area contributed by atoms with Gasteiger partial charge in [-0.15, -0.1) is 0 Å². The first kappa shape index (κ1) is 25.3. The lowest BCUT2D eigenvalue weighted by molar-refractivity contribution is -0.147. The highest BCUT2D eigenvalue weighted by Crippen LogP contribution is 2.45. The van der Waals surface area contributed by atoms with Crippen molar-refractivity contribution in [3.8, 4) is 5.82 Å². The third kappa shape index (κ3) is 4.79. The highest BCUT2D eigenvalue weighted by Gasteiger charge is 2.35. The van der Waals surface area contributed by atoms with Crippen LogP contribution in [0.25, 0.3) is 5.82 Å². The van der Waals surface area contributed by atoms with Gasteiger partial charge in [0, 0.05) is 30.1 Å². The van der Waals surface area contributed by atoms with Crippen molar-refractivity contribution in [2.24, 2.45) is 11.8 Å². The van der Waals surface area contributed by atoms with Crippen molar-refractivity contribution in [2.45, 2.75) is 31.8 Å². The number of hydrogen-bond acceptors (Lipinski definition) is 10. The number of nitrogens with one attached hydrogen (secondary N) is 2. The molecule has 1 fully saturated rings. The van der Waals surface area contributed by atoms with Gasteiger partial charge in [0.2, 0.25) is 5.91 Å². The van der Waals surface area contributed by atoms with Gasteiger partial charge in [-0.25, -0.2) is 19.6 Å². The summed E-state index contributed by atoms with van der Waals surface area (Å²) in [6.07, 6.45) is 9.07. The first-order chi connectivity index (χ1) is 19.5. The summed E-state index contributed by atoms with van der Waals surface area (Å²) in [6, 6.07) is 13.1. The van der Waals surface area contributed by atoms with E-state index in [1.807, 2.05) is 47.5 Å². The van der Waals surface area contributed by atoms with E-state index in [2.05, 4.69) is 25.7 Å². The summed E-state index contributed by atoms with van der Waals surface area (Å²) in [5.74, 6) is 1.61. The SMILES string of the molecule is COC(=O)C1CCC(C(=O)Nc2ccc(N3c4nc(-n5cccn5)ccc4NC3c3cccnc3N)cn2)CC1. The number of methoxy groups -OCH3 is 1. The number of hydrogen-bond donors (Lipinski definition) is 3. The van der Waals surface area contributed by atoms with Gasteiger partial charge in [-0.05, 0) is 68.1 Å². The Hall–Kier alpha value is -5.00. The van der Waals surface area contributed by atoms with Gasteiger partial charge in [0.05, 0.1) is 30.6 Å². The third-order valence-corrected chi connectivity index (χ3v) is 7.45. The van der Waals surface area contributed by atoms with Gasteiger partial charge in [-0.2, -0.15) is 5.10 Å².